The van der Waals surface area contributed by atoms with Gasteiger partial charge in [0, 0.05) is 29.4 Å². The van der Waals surface area contributed by atoms with Crippen LogP contribution in [0, 0.1) is 6.92 Å². The Balaban J connectivity index is 1.79. The van der Waals surface area contributed by atoms with E-state index in [2.05, 4.69) is 5.32 Å². The third kappa shape index (κ3) is 8.43. The van der Waals surface area contributed by atoms with Crippen LogP contribution in [0.4, 0.5) is 5.69 Å². The first-order valence-electron chi connectivity index (χ1n) is 14.2. The number of hydrogen-bond acceptors (Lipinski definition) is 5. The van der Waals surface area contributed by atoms with Gasteiger partial charge in [-0.2, -0.15) is 0 Å². The molecule has 1 atom stereocenters. The summed E-state index contributed by atoms with van der Waals surface area (Å²) in [6, 6.07) is 29.1. The molecule has 0 radical (unpaired) electrons. The number of rotatable bonds is 13. The van der Waals surface area contributed by atoms with Crippen LogP contribution < -0.4 is 9.62 Å². The van der Waals surface area contributed by atoms with Gasteiger partial charge in [-0.05, 0) is 79.8 Å². The highest BCUT2D eigenvalue weighted by Crippen LogP contribution is 2.27. The molecule has 0 aliphatic carbocycles. The molecule has 1 unspecified atom stereocenters. The minimum Gasteiger partial charge on any atom is -0.355 e. The summed E-state index contributed by atoms with van der Waals surface area (Å²) in [4.78, 5) is 30.4. The Labute approximate surface area is 269 Å². The lowest BCUT2D eigenvalue weighted by Gasteiger charge is -2.34. The maximum atomic E-state index is 14.4. The second kappa shape index (κ2) is 15.3. The van der Waals surface area contributed by atoms with Gasteiger partial charge in [0.2, 0.25) is 11.8 Å². The molecule has 10 heteroatoms. The average Bonchev–Trinajstić information content (AvgIpc) is 3.02. The third-order valence-electron chi connectivity index (χ3n) is 7.11. The Hall–Kier alpha value is -3.79. The zero-order valence-electron chi connectivity index (χ0n) is 24.9. The van der Waals surface area contributed by atoms with Crippen molar-refractivity contribution >= 4 is 50.9 Å². The van der Waals surface area contributed by atoms with Gasteiger partial charge in [0.05, 0.1) is 10.6 Å². The highest BCUT2D eigenvalue weighted by Gasteiger charge is 2.34. The number of likely N-dealkylation sites (N-methyl/N-ethyl adjacent to an activating group) is 1. The largest absolute Gasteiger partial charge is 0.355 e. The van der Waals surface area contributed by atoms with Crippen molar-refractivity contribution in [3.63, 3.8) is 0 Å². The van der Waals surface area contributed by atoms with E-state index in [9.17, 15) is 18.0 Å². The summed E-state index contributed by atoms with van der Waals surface area (Å²) >= 11 is 7.79. The molecule has 0 bridgehead atoms. The molecule has 0 saturated carbocycles. The molecule has 0 aliphatic heterocycles. The van der Waals surface area contributed by atoms with Gasteiger partial charge in [-0.1, -0.05) is 71.8 Å². The van der Waals surface area contributed by atoms with Crippen molar-refractivity contribution in [3.8, 4) is 0 Å². The lowest BCUT2D eigenvalue weighted by Crippen LogP contribution is -2.53. The standard InChI is InChI=1S/C34H36ClN3O4S2/c1-4-36-34(40)32(22-26-9-6-5-7-10-26)37(23-27-11-8-12-28(35)21-27)33(39)24-38(29-15-13-25(2)14-16-29)44(41,42)31-19-17-30(43-3)18-20-31/h5-21,32H,4,22-24H2,1-3H3,(H,36,40). The molecule has 44 heavy (non-hydrogen) atoms. The van der Waals surface area contributed by atoms with Gasteiger partial charge in [0.1, 0.15) is 12.6 Å². The predicted octanol–water partition coefficient (Wildman–Crippen LogP) is 6.34. The van der Waals surface area contributed by atoms with E-state index < -0.39 is 28.5 Å². The number of hydrogen-bond donors (Lipinski definition) is 1. The number of thioether (sulfide) groups is 1. The monoisotopic (exact) mass is 649 g/mol. The Morgan fingerprint density at radius 3 is 2.16 bits per heavy atom. The summed E-state index contributed by atoms with van der Waals surface area (Å²) in [5.41, 5.74) is 2.87. The van der Waals surface area contributed by atoms with Crippen LogP contribution in [0.1, 0.15) is 23.6 Å². The Kier molecular flexibility index (Phi) is 11.5. The van der Waals surface area contributed by atoms with Crippen molar-refractivity contribution < 1.29 is 18.0 Å². The van der Waals surface area contributed by atoms with E-state index in [-0.39, 0.29) is 23.8 Å². The second-order valence-corrected chi connectivity index (χ2v) is 13.5. The van der Waals surface area contributed by atoms with Crippen molar-refractivity contribution in [3.05, 3.63) is 125 Å². The van der Waals surface area contributed by atoms with Crippen molar-refractivity contribution in [1.82, 2.24) is 10.2 Å². The van der Waals surface area contributed by atoms with Crippen LogP contribution in [-0.4, -0.2) is 50.5 Å². The van der Waals surface area contributed by atoms with E-state index in [1.807, 2.05) is 56.5 Å². The molecule has 0 fully saturated rings. The highest BCUT2D eigenvalue weighted by molar-refractivity contribution is 7.98. The van der Waals surface area contributed by atoms with Crippen LogP contribution in [0.2, 0.25) is 5.02 Å². The number of carbonyl (C=O) groups is 2. The molecule has 0 saturated heterocycles. The molecule has 4 rings (SSSR count). The van der Waals surface area contributed by atoms with Crippen LogP contribution >= 0.6 is 23.4 Å². The molecule has 0 aromatic heterocycles. The summed E-state index contributed by atoms with van der Waals surface area (Å²) in [6.07, 6.45) is 2.16. The number of anilines is 1. The topological polar surface area (TPSA) is 86.8 Å². The van der Waals surface area contributed by atoms with E-state index in [1.54, 1.807) is 66.7 Å². The number of carbonyl (C=O) groups excluding carboxylic acids is 2. The fraction of sp³-hybridized carbons (Fsp3) is 0.235. The summed E-state index contributed by atoms with van der Waals surface area (Å²) in [5, 5.41) is 3.35. The van der Waals surface area contributed by atoms with Gasteiger partial charge < -0.3 is 10.2 Å². The lowest BCUT2D eigenvalue weighted by atomic mass is 10.0. The number of halogens is 1. The van der Waals surface area contributed by atoms with E-state index in [0.29, 0.717) is 22.8 Å². The Morgan fingerprint density at radius 2 is 1.55 bits per heavy atom. The second-order valence-electron chi connectivity index (χ2n) is 10.3. The van der Waals surface area contributed by atoms with Crippen molar-refractivity contribution in [1.29, 1.82) is 0 Å². The van der Waals surface area contributed by atoms with Crippen molar-refractivity contribution in [2.24, 2.45) is 0 Å². The van der Waals surface area contributed by atoms with Gasteiger partial charge in [-0.3, -0.25) is 13.9 Å². The minimum absolute atomic E-state index is 0.0538. The number of nitrogens with one attached hydrogen (secondary N) is 1. The minimum atomic E-state index is -4.16. The van der Waals surface area contributed by atoms with E-state index >= 15 is 0 Å². The number of amides is 2. The first-order chi connectivity index (χ1) is 21.1. The summed E-state index contributed by atoms with van der Waals surface area (Å²) < 4.78 is 29.4. The smallest absolute Gasteiger partial charge is 0.264 e. The summed E-state index contributed by atoms with van der Waals surface area (Å²) in [5.74, 6) is -0.855. The molecule has 0 aliphatic rings. The summed E-state index contributed by atoms with van der Waals surface area (Å²) in [6.45, 7) is 3.63. The van der Waals surface area contributed by atoms with Gasteiger partial charge in [-0.15, -0.1) is 11.8 Å². The quantitative estimate of drug-likeness (QED) is 0.171. The molecule has 1 N–H and O–H groups in total. The summed E-state index contributed by atoms with van der Waals surface area (Å²) in [7, 11) is -4.16. The Bertz CT molecular complexity index is 1670. The van der Waals surface area contributed by atoms with E-state index in [4.69, 9.17) is 11.6 Å². The normalized spacial score (nSPS) is 11.9. The van der Waals surface area contributed by atoms with Crippen molar-refractivity contribution in [2.45, 2.75) is 42.6 Å². The van der Waals surface area contributed by atoms with Crippen LogP contribution in [0.15, 0.2) is 113 Å². The van der Waals surface area contributed by atoms with Gasteiger partial charge in [0.25, 0.3) is 10.0 Å². The number of sulfonamides is 1. The maximum Gasteiger partial charge on any atom is 0.264 e. The van der Waals surface area contributed by atoms with Crippen LogP contribution in [0.25, 0.3) is 0 Å². The molecule has 0 spiro atoms. The van der Waals surface area contributed by atoms with Crippen molar-refractivity contribution in [2.75, 3.05) is 23.7 Å². The number of nitrogens with zero attached hydrogens (tertiary/aromatic N) is 2. The molecule has 7 nitrogen and oxygen atoms in total. The first-order valence-corrected chi connectivity index (χ1v) is 17.3. The van der Waals surface area contributed by atoms with E-state index in [1.165, 1.54) is 16.7 Å². The molecular weight excluding hydrogens is 614 g/mol. The molecule has 4 aromatic rings. The maximum absolute atomic E-state index is 14.4. The first kappa shape index (κ1) is 33.1. The van der Waals surface area contributed by atoms with Gasteiger partial charge in [-0.25, -0.2) is 8.42 Å². The van der Waals surface area contributed by atoms with Gasteiger partial charge in [0.15, 0.2) is 0 Å². The molecule has 230 valence electrons. The van der Waals surface area contributed by atoms with Crippen LogP contribution in [-0.2, 0) is 32.6 Å². The zero-order valence-corrected chi connectivity index (χ0v) is 27.3. The molecule has 4 aromatic carbocycles. The predicted molar refractivity (Wildman–Crippen MR) is 179 cm³/mol. The molecular formula is C34H36ClN3O4S2. The van der Waals surface area contributed by atoms with Crippen LogP contribution in [0.5, 0.6) is 0 Å². The van der Waals surface area contributed by atoms with Crippen LogP contribution in [0.3, 0.4) is 0 Å². The average molecular weight is 650 g/mol. The highest BCUT2D eigenvalue weighted by atomic mass is 35.5. The zero-order chi connectivity index (χ0) is 31.7. The van der Waals surface area contributed by atoms with Gasteiger partial charge >= 0.3 is 0 Å². The third-order valence-corrected chi connectivity index (χ3v) is 9.88. The SMILES string of the molecule is CCNC(=O)C(Cc1ccccc1)N(Cc1cccc(Cl)c1)C(=O)CN(c1ccc(C)cc1)S(=O)(=O)c1ccc(SC)cc1. The number of benzene rings is 4. The Morgan fingerprint density at radius 1 is 0.886 bits per heavy atom. The fourth-order valence-corrected chi connectivity index (χ4v) is 6.83. The lowest BCUT2D eigenvalue weighted by molar-refractivity contribution is -0.140. The van der Waals surface area contributed by atoms with E-state index in [0.717, 1.165) is 20.3 Å². The number of aryl methyl sites for hydroxylation is 1. The fourth-order valence-electron chi connectivity index (χ4n) is 4.79. The molecule has 2 amide bonds. The molecule has 0 heterocycles.